The Morgan fingerprint density at radius 1 is 1.44 bits per heavy atom. The van der Waals surface area contributed by atoms with Gasteiger partial charge in [0.15, 0.2) is 0 Å². The van der Waals surface area contributed by atoms with Crippen LogP contribution in [0.5, 0.6) is 0 Å². The molecule has 0 amide bonds. The van der Waals surface area contributed by atoms with Crippen LogP contribution in [-0.2, 0) is 0 Å². The van der Waals surface area contributed by atoms with E-state index in [1.54, 1.807) is 0 Å². The highest BCUT2D eigenvalue weighted by Crippen LogP contribution is 2.06. The van der Waals surface area contributed by atoms with Crippen LogP contribution in [0.15, 0.2) is 16.3 Å². The molecule has 9 heavy (non-hydrogen) atoms. The molecule has 0 fully saturated rings. The summed E-state index contributed by atoms with van der Waals surface area (Å²) in [4.78, 5) is 4.15. The molecule has 0 rings (SSSR count). The molecule has 1 heteroatoms. The number of aliphatic imine (C=N–C) groups is 1. The normalized spacial score (nSPS) is 14.2. The van der Waals surface area contributed by atoms with Crippen LogP contribution in [0.25, 0.3) is 0 Å². The molecular formula is C8H15N. The van der Waals surface area contributed by atoms with Crippen molar-refractivity contribution in [1.82, 2.24) is 0 Å². The predicted molar refractivity (Wildman–Crippen MR) is 42.8 cm³/mol. The van der Waals surface area contributed by atoms with Crippen molar-refractivity contribution in [3.05, 3.63) is 11.3 Å². The van der Waals surface area contributed by atoms with Gasteiger partial charge in [0.2, 0.25) is 0 Å². The van der Waals surface area contributed by atoms with Gasteiger partial charge in [-0.2, -0.15) is 0 Å². The third-order valence-corrected chi connectivity index (χ3v) is 1.47. The highest BCUT2D eigenvalue weighted by atomic mass is 14.7. The van der Waals surface area contributed by atoms with Gasteiger partial charge in [-0.05, 0) is 27.2 Å². The number of hydrogen-bond acceptors (Lipinski definition) is 1. The van der Waals surface area contributed by atoms with Gasteiger partial charge in [-0.15, -0.1) is 0 Å². The lowest BCUT2D eigenvalue weighted by Gasteiger charge is -1.96. The minimum atomic E-state index is 1.10. The standard InChI is InChI=1S/C8H15N/c1-5-7(3)8(4)9-6-2/h6H,5H2,1-4H3/b8-7-,9-6?. The Bertz CT molecular complexity index is 132. The summed E-state index contributed by atoms with van der Waals surface area (Å²) in [6, 6.07) is 0. The summed E-state index contributed by atoms with van der Waals surface area (Å²) < 4.78 is 0. The number of hydrogen-bond donors (Lipinski definition) is 0. The van der Waals surface area contributed by atoms with Crippen LogP contribution in [0.1, 0.15) is 34.1 Å². The number of allylic oxidation sites excluding steroid dienone is 2. The Balaban J connectivity index is 4.10. The monoisotopic (exact) mass is 125 g/mol. The minimum absolute atomic E-state index is 1.10. The molecule has 0 aromatic rings. The van der Waals surface area contributed by atoms with Crippen LogP contribution in [0.4, 0.5) is 0 Å². The Kier molecular flexibility index (Phi) is 4.02. The SMILES string of the molecule is CC=N/C(C)=C(/C)CC. The first-order valence-electron chi connectivity index (χ1n) is 3.37. The van der Waals surface area contributed by atoms with Crippen molar-refractivity contribution in [2.75, 3.05) is 0 Å². The lowest BCUT2D eigenvalue weighted by atomic mass is 10.2. The second kappa shape index (κ2) is 4.30. The molecule has 0 radical (unpaired) electrons. The van der Waals surface area contributed by atoms with Gasteiger partial charge in [-0.1, -0.05) is 12.5 Å². The lowest BCUT2D eigenvalue weighted by Crippen LogP contribution is -1.77. The molecule has 0 aromatic heterocycles. The molecule has 0 aromatic carbocycles. The predicted octanol–water partition coefficient (Wildman–Crippen LogP) is 2.78. The Hall–Kier alpha value is -0.590. The zero-order chi connectivity index (χ0) is 7.28. The molecule has 0 heterocycles. The van der Waals surface area contributed by atoms with E-state index in [1.165, 1.54) is 5.57 Å². The smallest absolute Gasteiger partial charge is 0.0357 e. The van der Waals surface area contributed by atoms with E-state index in [-0.39, 0.29) is 0 Å². The summed E-state index contributed by atoms with van der Waals surface area (Å²) in [5, 5.41) is 0. The topological polar surface area (TPSA) is 12.4 Å². The molecule has 0 unspecified atom stereocenters. The van der Waals surface area contributed by atoms with Gasteiger partial charge in [-0.25, -0.2) is 0 Å². The van der Waals surface area contributed by atoms with Crippen LogP contribution in [0.2, 0.25) is 0 Å². The van der Waals surface area contributed by atoms with Crippen molar-refractivity contribution in [3.8, 4) is 0 Å². The third-order valence-electron chi connectivity index (χ3n) is 1.47. The summed E-state index contributed by atoms with van der Waals surface area (Å²) in [7, 11) is 0. The van der Waals surface area contributed by atoms with Crippen molar-refractivity contribution in [2.45, 2.75) is 34.1 Å². The largest absolute Gasteiger partial charge is 0.266 e. The molecule has 0 N–H and O–H groups in total. The van der Waals surface area contributed by atoms with Crippen LogP contribution in [0.3, 0.4) is 0 Å². The molecule has 0 aliphatic carbocycles. The average molecular weight is 125 g/mol. The molecular weight excluding hydrogens is 110 g/mol. The van der Waals surface area contributed by atoms with E-state index in [2.05, 4.69) is 18.8 Å². The van der Waals surface area contributed by atoms with Crippen molar-refractivity contribution in [2.24, 2.45) is 4.99 Å². The zero-order valence-corrected chi connectivity index (χ0v) is 6.73. The fourth-order valence-electron chi connectivity index (χ4n) is 0.560. The second-order valence-corrected chi connectivity index (χ2v) is 2.11. The van der Waals surface area contributed by atoms with Gasteiger partial charge >= 0.3 is 0 Å². The summed E-state index contributed by atoms with van der Waals surface area (Å²) >= 11 is 0. The number of nitrogens with zero attached hydrogens (tertiary/aromatic N) is 1. The first-order valence-corrected chi connectivity index (χ1v) is 3.37. The molecule has 0 spiro atoms. The van der Waals surface area contributed by atoms with Crippen molar-refractivity contribution in [1.29, 1.82) is 0 Å². The Morgan fingerprint density at radius 3 is 2.33 bits per heavy atom. The van der Waals surface area contributed by atoms with Crippen molar-refractivity contribution < 1.29 is 0 Å². The molecule has 0 aliphatic heterocycles. The van der Waals surface area contributed by atoms with E-state index in [4.69, 9.17) is 0 Å². The first-order chi connectivity index (χ1) is 4.22. The quantitative estimate of drug-likeness (QED) is 0.503. The van der Waals surface area contributed by atoms with Crippen LogP contribution < -0.4 is 0 Å². The molecule has 0 saturated carbocycles. The van der Waals surface area contributed by atoms with E-state index in [0.717, 1.165) is 12.1 Å². The summed E-state index contributed by atoms with van der Waals surface area (Å²) in [6.45, 7) is 8.23. The highest BCUT2D eigenvalue weighted by molar-refractivity contribution is 5.55. The Morgan fingerprint density at radius 2 is 2.00 bits per heavy atom. The first kappa shape index (κ1) is 8.41. The summed E-state index contributed by atoms with van der Waals surface area (Å²) in [5.74, 6) is 0. The fraction of sp³-hybridized carbons (Fsp3) is 0.625. The van der Waals surface area contributed by atoms with E-state index in [1.807, 2.05) is 20.1 Å². The van der Waals surface area contributed by atoms with E-state index < -0.39 is 0 Å². The molecule has 0 bridgehead atoms. The molecule has 1 nitrogen and oxygen atoms in total. The van der Waals surface area contributed by atoms with E-state index >= 15 is 0 Å². The third kappa shape index (κ3) is 3.07. The number of rotatable bonds is 2. The molecule has 0 atom stereocenters. The Labute approximate surface area is 57.5 Å². The molecule has 0 aliphatic rings. The van der Waals surface area contributed by atoms with Gasteiger partial charge in [0, 0.05) is 11.9 Å². The average Bonchev–Trinajstić information content (AvgIpc) is 1.87. The van der Waals surface area contributed by atoms with E-state index in [0.29, 0.717) is 0 Å². The molecule has 0 saturated heterocycles. The maximum atomic E-state index is 4.15. The maximum Gasteiger partial charge on any atom is 0.0357 e. The van der Waals surface area contributed by atoms with Gasteiger partial charge in [0.05, 0.1) is 0 Å². The van der Waals surface area contributed by atoms with Gasteiger partial charge in [0.1, 0.15) is 0 Å². The van der Waals surface area contributed by atoms with Gasteiger partial charge in [0.25, 0.3) is 0 Å². The van der Waals surface area contributed by atoms with Crippen LogP contribution >= 0.6 is 0 Å². The lowest BCUT2D eigenvalue weighted by molar-refractivity contribution is 1.04. The van der Waals surface area contributed by atoms with Gasteiger partial charge in [-0.3, -0.25) is 4.99 Å². The van der Waals surface area contributed by atoms with Crippen LogP contribution in [-0.4, -0.2) is 6.21 Å². The highest BCUT2D eigenvalue weighted by Gasteiger charge is 1.87. The van der Waals surface area contributed by atoms with Crippen LogP contribution in [0, 0.1) is 0 Å². The zero-order valence-electron chi connectivity index (χ0n) is 6.73. The van der Waals surface area contributed by atoms with E-state index in [9.17, 15) is 0 Å². The molecule has 52 valence electrons. The van der Waals surface area contributed by atoms with Gasteiger partial charge < -0.3 is 0 Å². The maximum absolute atomic E-state index is 4.15. The fourth-order valence-corrected chi connectivity index (χ4v) is 0.560. The summed E-state index contributed by atoms with van der Waals surface area (Å²) in [5.41, 5.74) is 2.52. The minimum Gasteiger partial charge on any atom is -0.266 e. The van der Waals surface area contributed by atoms with Crippen molar-refractivity contribution in [3.63, 3.8) is 0 Å². The second-order valence-electron chi connectivity index (χ2n) is 2.11. The summed E-state index contributed by atoms with van der Waals surface area (Å²) in [6.07, 6.45) is 2.93. The van der Waals surface area contributed by atoms with Crippen molar-refractivity contribution >= 4 is 6.21 Å².